The number of aromatic nitrogens is 1. The van der Waals surface area contributed by atoms with Crippen molar-refractivity contribution < 1.29 is 14.4 Å². The monoisotopic (exact) mass is 543 g/mol. The van der Waals surface area contributed by atoms with Crippen molar-refractivity contribution >= 4 is 29.6 Å². The number of carbonyl (C=O) groups excluding carboxylic acids is 3. The lowest BCUT2D eigenvalue weighted by molar-refractivity contribution is -0.131. The van der Waals surface area contributed by atoms with E-state index in [1.54, 1.807) is 16.2 Å². The van der Waals surface area contributed by atoms with Gasteiger partial charge in [0.1, 0.15) is 6.04 Å². The Labute approximate surface area is 231 Å². The molecule has 1 aliphatic rings. The molecule has 1 saturated heterocycles. The number of hydrogen-bond donors (Lipinski definition) is 3. The zero-order chi connectivity index (χ0) is 28.1. The number of nitrogens with zero attached hydrogens (tertiary/aromatic N) is 2. The van der Waals surface area contributed by atoms with Gasteiger partial charge in [0.15, 0.2) is 0 Å². The fraction of sp³-hybridized carbons (Fsp3) is 0.586. The molecule has 4 N–H and O–H groups in total. The highest BCUT2D eigenvalue weighted by Crippen LogP contribution is 2.28. The standard InChI is InChI=1S/C18H21N3O2S.C11H24N2O/c1-12(20-18(23)16-4-3-9-21(16)11-22)14-5-7-15(8-6-14)17-13(2)19-10-24-17;1-11(2,3)9-13-10(14)7-5-4-6-8-12/h5-8,10-12,16H,3-4,9H2,1-2H3,(H,20,23);4-9,12H2,1-3H3,(H,13,14). The summed E-state index contributed by atoms with van der Waals surface area (Å²) in [7, 11) is 0. The number of amides is 3. The maximum Gasteiger partial charge on any atom is 0.243 e. The number of carbonyl (C=O) groups is 3. The summed E-state index contributed by atoms with van der Waals surface area (Å²) in [6.45, 7) is 12.4. The van der Waals surface area contributed by atoms with E-state index in [1.165, 1.54) is 4.88 Å². The second-order valence-corrected chi connectivity index (χ2v) is 11.9. The van der Waals surface area contributed by atoms with Crippen molar-refractivity contribution in [3.05, 3.63) is 41.0 Å². The van der Waals surface area contributed by atoms with E-state index in [1.807, 2.05) is 31.5 Å². The predicted molar refractivity (Wildman–Crippen MR) is 155 cm³/mol. The number of thiazole rings is 1. The molecule has 0 saturated carbocycles. The van der Waals surface area contributed by atoms with E-state index in [2.05, 4.69) is 48.5 Å². The second-order valence-electron chi connectivity index (χ2n) is 11.1. The van der Waals surface area contributed by atoms with Gasteiger partial charge in [-0.2, -0.15) is 0 Å². The van der Waals surface area contributed by atoms with Gasteiger partial charge in [-0.05, 0) is 62.6 Å². The molecule has 8 nitrogen and oxygen atoms in total. The van der Waals surface area contributed by atoms with Crippen molar-refractivity contribution in [3.8, 4) is 10.4 Å². The molecule has 1 aromatic carbocycles. The molecule has 38 heavy (non-hydrogen) atoms. The molecule has 0 aliphatic carbocycles. The highest BCUT2D eigenvalue weighted by atomic mass is 32.1. The second kappa shape index (κ2) is 15.6. The van der Waals surface area contributed by atoms with Crippen LogP contribution in [0, 0.1) is 12.3 Å². The van der Waals surface area contributed by atoms with Crippen LogP contribution in [0.25, 0.3) is 10.4 Å². The summed E-state index contributed by atoms with van der Waals surface area (Å²) < 4.78 is 0. The average molecular weight is 544 g/mol. The number of nitrogens with two attached hydrogens (primary N) is 1. The Morgan fingerprint density at radius 3 is 2.50 bits per heavy atom. The summed E-state index contributed by atoms with van der Waals surface area (Å²) in [6, 6.07) is 7.77. The molecule has 3 amide bonds. The number of hydrogen-bond acceptors (Lipinski definition) is 6. The summed E-state index contributed by atoms with van der Waals surface area (Å²) in [5, 5.41) is 5.95. The fourth-order valence-corrected chi connectivity index (χ4v) is 4.96. The van der Waals surface area contributed by atoms with Crippen molar-refractivity contribution in [1.82, 2.24) is 20.5 Å². The fourth-order valence-electron chi connectivity index (χ4n) is 4.15. The Balaban J connectivity index is 0.000000312. The van der Waals surface area contributed by atoms with Gasteiger partial charge in [0, 0.05) is 19.5 Å². The first-order valence-electron chi connectivity index (χ1n) is 13.5. The molecule has 3 rings (SSSR count). The third kappa shape index (κ3) is 10.5. The van der Waals surface area contributed by atoms with Crippen LogP contribution in [0.15, 0.2) is 29.8 Å². The Bertz CT molecular complexity index is 1020. The largest absolute Gasteiger partial charge is 0.356 e. The van der Waals surface area contributed by atoms with Crippen LogP contribution in [0.2, 0.25) is 0 Å². The Morgan fingerprint density at radius 2 is 1.92 bits per heavy atom. The highest BCUT2D eigenvalue weighted by molar-refractivity contribution is 7.13. The van der Waals surface area contributed by atoms with E-state index >= 15 is 0 Å². The lowest BCUT2D eigenvalue weighted by Crippen LogP contribution is -2.43. The molecule has 2 atom stereocenters. The third-order valence-corrected chi connectivity index (χ3v) is 7.41. The van der Waals surface area contributed by atoms with Gasteiger partial charge in [-0.25, -0.2) is 4.98 Å². The third-order valence-electron chi connectivity index (χ3n) is 6.43. The molecule has 2 aromatic rings. The van der Waals surface area contributed by atoms with E-state index in [9.17, 15) is 14.4 Å². The first-order chi connectivity index (χ1) is 18.1. The van der Waals surface area contributed by atoms with E-state index in [0.29, 0.717) is 13.0 Å². The normalized spacial score (nSPS) is 15.8. The number of rotatable bonds is 11. The quantitative estimate of drug-likeness (QED) is 0.283. The van der Waals surface area contributed by atoms with Crippen molar-refractivity contribution in [2.24, 2.45) is 11.1 Å². The minimum absolute atomic E-state index is 0.0746. The van der Waals surface area contributed by atoms with Gasteiger partial charge >= 0.3 is 0 Å². The number of benzene rings is 1. The van der Waals surface area contributed by atoms with Crippen LogP contribution in [-0.2, 0) is 14.4 Å². The van der Waals surface area contributed by atoms with Crippen molar-refractivity contribution in [1.29, 1.82) is 0 Å². The Kier molecular flexibility index (Phi) is 12.9. The summed E-state index contributed by atoms with van der Waals surface area (Å²) >= 11 is 1.63. The minimum atomic E-state index is -0.330. The van der Waals surface area contributed by atoms with Crippen molar-refractivity contribution in [2.45, 2.75) is 85.2 Å². The van der Waals surface area contributed by atoms with Gasteiger partial charge in [-0.1, -0.05) is 51.5 Å². The first-order valence-corrected chi connectivity index (χ1v) is 14.4. The number of nitrogens with one attached hydrogen (secondary N) is 2. The topological polar surface area (TPSA) is 117 Å². The summed E-state index contributed by atoms with van der Waals surface area (Å²) in [6.07, 6.45) is 6.05. The Morgan fingerprint density at radius 1 is 1.21 bits per heavy atom. The lowest BCUT2D eigenvalue weighted by Gasteiger charge is -2.22. The molecular weight excluding hydrogens is 498 g/mol. The van der Waals surface area contributed by atoms with E-state index in [4.69, 9.17) is 5.73 Å². The van der Waals surface area contributed by atoms with Crippen LogP contribution in [0.5, 0.6) is 0 Å². The van der Waals surface area contributed by atoms with E-state index < -0.39 is 0 Å². The SMILES string of the molecule is CC(C)(C)CNC(=O)CCCCCN.Cc1ncsc1-c1ccc(C(C)NC(=O)C2CCCN2C=O)cc1. The maximum absolute atomic E-state index is 12.4. The molecule has 2 heterocycles. The highest BCUT2D eigenvalue weighted by Gasteiger charge is 2.30. The number of likely N-dealkylation sites (tertiary alicyclic amines) is 1. The Hall–Kier alpha value is -2.78. The molecular formula is C29H45N5O3S. The lowest BCUT2D eigenvalue weighted by atomic mass is 9.97. The van der Waals surface area contributed by atoms with Crippen LogP contribution < -0.4 is 16.4 Å². The molecule has 9 heteroatoms. The molecule has 2 unspecified atom stereocenters. The van der Waals surface area contributed by atoms with Gasteiger partial charge in [-0.15, -0.1) is 11.3 Å². The van der Waals surface area contributed by atoms with Gasteiger partial charge in [0.05, 0.1) is 22.1 Å². The average Bonchev–Trinajstić information content (AvgIpc) is 3.54. The summed E-state index contributed by atoms with van der Waals surface area (Å²) in [5.41, 5.74) is 10.6. The molecule has 1 fully saturated rings. The summed E-state index contributed by atoms with van der Waals surface area (Å²) in [5.74, 6) is 0.0893. The van der Waals surface area contributed by atoms with Crippen molar-refractivity contribution in [3.63, 3.8) is 0 Å². The van der Waals surface area contributed by atoms with Gasteiger partial charge in [0.25, 0.3) is 0 Å². The zero-order valence-electron chi connectivity index (χ0n) is 23.6. The molecule has 0 bridgehead atoms. The van der Waals surface area contributed by atoms with Gasteiger partial charge in [-0.3, -0.25) is 14.4 Å². The molecule has 1 aliphatic heterocycles. The smallest absolute Gasteiger partial charge is 0.243 e. The minimum Gasteiger partial charge on any atom is -0.356 e. The first kappa shape index (κ1) is 31.4. The van der Waals surface area contributed by atoms with Gasteiger partial charge in [0.2, 0.25) is 18.2 Å². The van der Waals surface area contributed by atoms with Crippen LogP contribution >= 0.6 is 11.3 Å². The van der Waals surface area contributed by atoms with Crippen LogP contribution in [0.3, 0.4) is 0 Å². The van der Waals surface area contributed by atoms with E-state index in [0.717, 1.165) is 68.4 Å². The van der Waals surface area contributed by atoms with Crippen molar-refractivity contribution in [2.75, 3.05) is 19.6 Å². The van der Waals surface area contributed by atoms with Crippen LogP contribution in [-0.4, -0.2) is 53.8 Å². The molecule has 1 aromatic heterocycles. The van der Waals surface area contributed by atoms with Gasteiger partial charge < -0.3 is 21.3 Å². The number of unbranched alkanes of at least 4 members (excludes halogenated alkanes) is 2. The maximum atomic E-state index is 12.4. The molecule has 0 radical (unpaired) electrons. The zero-order valence-corrected chi connectivity index (χ0v) is 24.4. The summed E-state index contributed by atoms with van der Waals surface area (Å²) in [4.78, 5) is 41.7. The molecule has 210 valence electrons. The van der Waals surface area contributed by atoms with Crippen LogP contribution in [0.1, 0.15) is 83.5 Å². The van der Waals surface area contributed by atoms with Crippen LogP contribution in [0.4, 0.5) is 0 Å². The molecule has 0 spiro atoms. The predicted octanol–water partition coefficient (Wildman–Crippen LogP) is 4.58. The number of aryl methyl sites for hydroxylation is 1. The van der Waals surface area contributed by atoms with E-state index in [-0.39, 0.29) is 29.3 Å².